The Kier molecular flexibility index (Phi) is 4.04. The number of hydrogen-bond donors (Lipinski definition) is 1. The van der Waals surface area contributed by atoms with E-state index >= 15 is 0 Å². The molecule has 5 heteroatoms. The summed E-state index contributed by atoms with van der Waals surface area (Å²) in [4.78, 5) is 15.7. The van der Waals surface area contributed by atoms with Crippen molar-refractivity contribution >= 4 is 21.8 Å². The van der Waals surface area contributed by atoms with Crippen LogP contribution in [0.5, 0.6) is 0 Å². The zero-order valence-electron chi connectivity index (χ0n) is 9.36. The Morgan fingerprint density at radius 2 is 2.17 bits per heavy atom. The molecule has 0 aliphatic carbocycles. The molecule has 0 unspecified atom stereocenters. The fourth-order valence-corrected chi connectivity index (χ4v) is 1.84. The molecule has 1 aromatic carbocycles. The van der Waals surface area contributed by atoms with Crippen LogP contribution < -0.4 is 5.32 Å². The molecule has 0 bridgehead atoms. The third-order valence-electron chi connectivity index (χ3n) is 2.34. The number of rotatable bonds is 3. The van der Waals surface area contributed by atoms with Crippen molar-refractivity contribution in [2.45, 2.75) is 6.54 Å². The van der Waals surface area contributed by atoms with Crippen molar-refractivity contribution in [3.63, 3.8) is 0 Å². The molecule has 0 fully saturated rings. The lowest BCUT2D eigenvalue weighted by atomic mass is 10.2. The lowest BCUT2D eigenvalue weighted by Gasteiger charge is -2.05. The van der Waals surface area contributed by atoms with Gasteiger partial charge in [0.05, 0.1) is 12.2 Å². The first-order valence-corrected chi connectivity index (χ1v) is 6.09. The Hall–Kier alpha value is -1.75. The van der Waals surface area contributed by atoms with Crippen LogP contribution in [0.3, 0.4) is 0 Å². The van der Waals surface area contributed by atoms with Gasteiger partial charge in [-0.2, -0.15) is 0 Å². The summed E-state index contributed by atoms with van der Waals surface area (Å²) in [5.41, 5.74) is 0.738. The molecule has 0 saturated carbocycles. The second kappa shape index (κ2) is 5.73. The smallest absolute Gasteiger partial charge is 0.251 e. The predicted octanol–water partition coefficient (Wildman–Crippen LogP) is 2.91. The summed E-state index contributed by atoms with van der Waals surface area (Å²) in [6, 6.07) is 9.80. The van der Waals surface area contributed by atoms with Gasteiger partial charge in [-0.05, 0) is 30.3 Å². The molecule has 0 aliphatic heterocycles. The van der Waals surface area contributed by atoms with Gasteiger partial charge < -0.3 is 5.32 Å². The van der Waals surface area contributed by atoms with Crippen LogP contribution in [0.25, 0.3) is 0 Å². The van der Waals surface area contributed by atoms with Crippen molar-refractivity contribution in [3.8, 4) is 0 Å². The number of hydrogen-bond acceptors (Lipinski definition) is 2. The molecule has 18 heavy (non-hydrogen) atoms. The van der Waals surface area contributed by atoms with E-state index in [9.17, 15) is 9.18 Å². The summed E-state index contributed by atoms with van der Waals surface area (Å²) in [5.74, 6) is -0.687. The second-order valence-corrected chi connectivity index (χ2v) is 4.54. The van der Waals surface area contributed by atoms with Gasteiger partial charge in [-0.3, -0.25) is 9.78 Å². The van der Waals surface area contributed by atoms with Crippen LogP contribution in [0.15, 0.2) is 47.1 Å². The third-order valence-corrected chi connectivity index (χ3v) is 2.83. The maximum Gasteiger partial charge on any atom is 0.251 e. The molecule has 0 saturated heterocycles. The third kappa shape index (κ3) is 3.13. The van der Waals surface area contributed by atoms with Crippen molar-refractivity contribution in [2.24, 2.45) is 0 Å². The molecule has 1 aromatic heterocycles. The average molecular weight is 309 g/mol. The van der Waals surface area contributed by atoms with Crippen LogP contribution in [0.1, 0.15) is 16.1 Å². The zero-order chi connectivity index (χ0) is 13.0. The SMILES string of the molecule is O=C(NCc1ncccc1F)c1cccc(Br)c1. The molecule has 2 aromatic rings. The van der Waals surface area contributed by atoms with Gasteiger partial charge in [0.15, 0.2) is 0 Å². The Balaban J connectivity index is 2.03. The lowest BCUT2D eigenvalue weighted by Crippen LogP contribution is -2.23. The molecule has 0 spiro atoms. The van der Waals surface area contributed by atoms with E-state index in [1.165, 1.54) is 18.3 Å². The lowest BCUT2D eigenvalue weighted by molar-refractivity contribution is 0.0950. The van der Waals surface area contributed by atoms with Gasteiger partial charge in [0.25, 0.3) is 5.91 Å². The van der Waals surface area contributed by atoms with Crippen molar-refractivity contribution in [1.29, 1.82) is 0 Å². The van der Waals surface area contributed by atoms with Gasteiger partial charge in [0, 0.05) is 16.2 Å². The number of pyridine rings is 1. The van der Waals surface area contributed by atoms with Crippen molar-refractivity contribution < 1.29 is 9.18 Å². The maximum atomic E-state index is 13.3. The number of benzene rings is 1. The Bertz CT molecular complexity index is 574. The molecule has 3 nitrogen and oxygen atoms in total. The fourth-order valence-electron chi connectivity index (χ4n) is 1.44. The molecule has 1 N–H and O–H groups in total. The quantitative estimate of drug-likeness (QED) is 0.947. The van der Waals surface area contributed by atoms with Crippen LogP contribution in [0.4, 0.5) is 4.39 Å². The minimum Gasteiger partial charge on any atom is -0.346 e. The normalized spacial score (nSPS) is 10.1. The van der Waals surface area contributed by atoms with Crippen LogP contribution in [-0.4, -0.2) is 10.9 Å². The molecule has 2 rings (SSSR count). The molecule has 1 heterocycles. The number of aromatic nitrogens is 1. The number of halogens is 2. The van der Waals surface area contributed by atoms with E-state index in [1.807, 2.05) is 6.07 Å². The summed E-state index contributed by atoms with van der Waals surface area (Å²) in [5, 5.41) is 2.62. The van der Waals surface area contributed by atoms with Crippen LogP contribution in [-0.2, 0) is 6.54 Å². The molecule has 0 atom stereocenters. The summed E-state index contributed by atoms with van der Waals surface area (Å²) in [6.45, 7) is 0.0675. The summed E-state index contributed by atoms with van der Waals surface area (Å²) in [6.07, 6.45) is 1.49. The molecule has 1 amide bonds. The fraction of sp³-hybridized carbons (Fsp3) is 0.0769. The van der Waals surface area contributed by atoms with Gasteiger partial charge in [-0.15, -0.1) is 0 Å². The number of amides is 1. The van der Waals surface area contributed by atoms with Crippen molar-refractivity contribution in [1.82, 2.24) is 10.3 Å². The highest BCUT2D eigenvalue weighted by Gasteiger charge is 2.07. The number of carbonyl (C=O) groups is 1. The van der Waals surface area contributed by atoms with E-state index in [1.54, 1.807) is 18.2 Å². The van der Waals surface area contributed by atoms with Gasteiger partial charge >= 0.3 is 0 Å². The average Bonchev–Trinajstić information content (AvgIpc) is 2.37. The second-order valence-electron chi connectivity index (χ2n) is 3.62. The maximum absolute atomic E-state index is 13.3. The van der Waals surface area contributed by atoms with Gasteiger partial charge in [-0.1, -0.05) is 22.0 Å². The molecule has 92 valence electrons. The monoisotopic (exact) mass is 308 g/mol. The highest BCUT2D eigenvalue weighted by atomic mass is 79.9. The van der Waals surface area contributed by atoms with Crippen molar-refractivity contribution in [3.05, 3.63) is 64.1 Å². The Labute approximate surface area is 112 Å². The van der Waals surface area contributed by atoms with E-state index in [4.69, 9.17) is 0 Å². The topological polar surface area (TPSA) is 42.0 Å². The zero-order valence-corrected chi connectivity index (χ0v) is 10.9. The predicted molar refractivity (Wildman–Crippen MR) is 69.5 cm³/mol. The first-order valence-electron chi connectivity index (χ1n) is 5.30. The van der Waals surface area contributed by atoms with E-state index in [0.717, 1.165) is 4.47 Å². The Morgan fingerprint density at radius 1 is 1.33 bits per heavy atom. The van der Waals surface area contributed by atoms with Crippen LogP contribution in [0.2, 0.25) is 0 Å². The molecular formula is C13H10BrFN2O. The minimum absolute atomic E-state index is 0.0675. The molecule has 0 aliphatic rings. The van der Waals surface area contributed by atoms with Gasteiger partial charge in [-0.25, -0.2) is 4.39 Å². The molecular weight excluding hydrogens is 299 g/mol. The molecule has 0 radical (unpaired) electrons. The summed E-state index contributed by atoms with van der Waals surface area (Å²) >= 11 is 3.29. The van der Waals surface area contributed by atoms with E-state index in [-0.39, 0.29) is 18.1 Å². The largest absolute Gasteiger partial charge is 0.346 e. The van der Waals surface area contributed by atoms with E-state index in [0.29, 0.717) is 5.56 Å². The summed E-state index contributed by atoms with van der Waals surface area (Å²) < 4.78 is 14.1. The van der Waals surface area contributed by atoms with E-state index < -0.39 is 5.82 Å². The van der Waals surface area contributed by atoms with E-state index in [2.05, 4.69) is 26.2 Å². The van der Waals surface area contributed by atoms with Gasteiger partial charge in [0.2, 0.25) is 0 Å². The number of nitrogens with one attached hydrogen (secondary N) is 1. The first kappa shape index (κ1) is 12.7. The minimum atomic E-state index is -0.424. The highest BCUT2D eigenvalue weighted by Crippen LogP contribution is 2.11. The summed E-state index contributed by atoms with van der Waals surface area (Å²) in [7, 11) is 0. The standard InChI is InChI=1S/C13H10BrFN2O/c14-10-4-1-3-9(7-10)13(18)17-8-12-11(15)5-2-6-16-12/h1-7H,8H2,(H,17,18). The van der Waals surface area contributed by atoms with Crippen LogP contribution >= 0.6 is 15.9 Å². The number of carbonyl (C=O) groups excluding carboxylic acids is 1. The Morgan fingerprint density at radius 3 is 2.89 bits per heavy atom. The van der Waals surface area contributed by atoms with Gasteiger partial charge in [0.1, 0.15) is 5.82 Å². The number of nitrogens with zero attached hydrogens (tertiary/aromatic N) is 1. The van der Waals surface area contributed by atoms with Crippen LogP contribution in [0, 0.1) is 5.82 Å². The highest BCUT2D eigenvalue weighted by molar-refractivity contribution is 9.10. The van der Waals surface area contributed by atoms with Crippen molar-refractivity contribution in [2.75, 3.05) is 0 Å². The first-order chi connectivity index (χ1) is 8.66.